The fraction of sp³-hybridized carbons (Fsp3) is 0.733. The molecule has 1 unspecified atom stereocenters. The van der Waals surface area contributed by atoms with Crippen LogP contribution in [0.3, 0.4) is 0 Å². The van der Waals surface area contributed by atoms with Gasteiger partial charge in [-0.3, -0.25) is 4.79 Å². The van der Waals surface area contributed by atoms with Crippen LogP contribution in [-0.2, 0) is 6.54 Å². The lowest BCUT2D eigenvalue weighted by Crippen LogP contribution is -2.39. The molecule has 1 atom stereocenters. The van der Waals surface area contributed by atoms with E-state index in [1.165, 1.54) is 17.5 Å². The summed E-state index contributed by atoms with van der Waals surface area (Å²) in [6, 6.07) is 0. The van der Waals surface area contributed by atoms with Gasteiger partial charge in [0.1, 0.15) is 5.02 Å². The molecule has 1 aromatic rings. The molecule has 0 aliphatic carbocycles. The molecule has 0 bridgehead atoms. The molecule has 0 amide bonds. The van der Waals surface area contributed by atoms with Gasteiger partial charge in [-0.2, -0.15) is 5.10 Å². The van der Waals surface area contributed by atoms with Crippen LogP contribution in [0.15, 0.2) is 11.0 Å². The van der Waals surface area contributed by atoms with E-state index in [-0.39, 0.29) is 5.56 Å². The molecule has 1 saturated heterocycles. The Morgan fingerprint density at radius 1 is 1.52 bits per heavy atom. The molecule has 5 nitrogen and oxygen atoms in total. The van der Waals surface area contributed by atoms with Gasteiger partial charge < -0.3 is 10.2 Å². The minimum absolute atomic E-state index is 0.195. The van der Waals surface area contributed by atoms with Crippen molar-refractivity contribution in [3.8, 4) is 0 Å². The van der Waals surface area contributed by atoms with E-state index >= 15 is 0 Å². The van der Waals surface area contributed by atoms with Gasteiger partial charge >= 0.3 is 0 Å². The summed E-state index contributed by atoms with van der Waals surface area (Å²) in [5.74, 6) is 0.606. The van der Waals surface area contributed by atoms with Gasteiger partial charge in [0, 0.05) is 19.6 Å². The molecule has 118 valence electrons. The quantitative estimate of drug-likeness (QED) is 0.874. The summed E-state index contributed by atoms with van der Waals surface area (Å²) < 4.78 is 1.40. The first-order valence-corrected chi connectivity index (χ1v) is 8.26. The maximum atomic E-state index is 12.2. The summed E-state index contributed by atoms with van der Waals surface area (Å²) in [5.41, 5.74) is 0.582. The Balaban J connectivity index is 2.21. The third-order valence-corrected chi connectivity index (χ3v) is 4.33. The maximum Gasteiger partial charge on any atom is 0.287 e. The van der Waals surface area contributed by atoms with Crippen LogP contribution in [0.1, 0.15) is 33.1 Å². The van der Waals surface area contributed by atoms with E-state index in [1.54, 1.807) is 6.20 Å². The first-order chi connectivity index (χ1) is 10.2. The zero-order valence-corrected chi connectivity index (χ0v) is 13.7. The van der Waals surface area contributed by atoms with Gasteiger partial charge in [0.2, 0.25) is 0 Å². The zero-order valence-electron chi connectivity index (χ0n) is 12.9. The smallest absolute Gasteiger partial charge is 0.287 e. The molecule has 0 radical (unpaired) electrons. The molecular weight excluding hydrogens is 288 g/mol. The van der Waals surface area contributed by atoms with Crippen molar-refractivity contribution >= 4 is 17.3 Å². The van der Waals surface area contributed by atoms with Crippen LogP contribution in [0.2, 0.25) is 5.02 Å². The minimum atomic E-state index is -0.195. The summed E-state index contributed by atoms with van der Waals surface area (Å²) >= 11 is 6.29. The van der Waals surface area contributed by atoms with Gasteiger partial charge in [-0.25, -0.2) is 4.68 Å². The number of aromatic nitrogens is 2. The zero-order chi connectivity index (χ0) is 15.2. The van der Waals surface area contributed by atoms with Crippen LogP contribution >= 0.6 is 11.6 Å². The summed E-state index contributed by atoms with van der Waals surface area (Å²) in [7, 11) is 0. The molecule has 1 N–H and O–H groups in total. The third-order valence-electron chi connectivity index (χ3n) is 3.98. The highest BCUT2D eigenvalue weighted by Crippen LogP contribution is 2.23. The van der Waals surface area contributed by atoms with Gasteiger partial charge in [0.05, 0.1) is 11.9 Å². The van der Waals surface area contributed by atoms with Crippen molar-refractivity contribution in [2.24, 2.45) is 5.92 Å². The Hall–Kier alpha value is -1.07. The van der Waals surface area contributed by atoms with Gasteiger partial charge in [-0.15, -0.1) is 0 Å². The topological polar surface area (TPSA) is 50.2 Å². The molecule has 2 heterocycles. The number of rotatable bonds is 6. The molecular formula is C15H25ClN4O. The third kappa shape index (κ3) is 3.98. The molecule has 1 aliphatic rings. The highest BCUT2D eigenvalue weighted by atomic mass is 35.5. The average molecular weight is 313 g/mol. The standard InChI is InChI=1S/C15H25ClN4O/c1-3-8-19(11-12-6-5-7-17-9-12)13-10-18-20(4-2)15(21)14(13)16/h10,12,17H,3-9,11H2,1-2H3. The van der Waals surface area contributed by atoms with Crippen molar-refractivity contribution in [3.05, 3.63) is 21.6 Å². The first kappa shape index (κ1) is 16.3. The van der Waals surface area contributed by atoms with E-state index in [9.17, 15) is 4.79 Å². The maximum absolute atomic E-state index is 12.2. The second-order valence-electron chi connectivity index (χ2n) is 5.62. The van der Waals surface area contributed by atoms with E-state index in [4.69, 9.17) is 11.6 Å². The van der Waals surface area contributed by atoms with Crippen LogP contribution < -0.4 is 15.8 Å². The van der Waals surface area contributed by atoms with Crippen LogP contribution in [0.4, 0.5) is 5.69 Å². The van der Waals surface area contributed by atoms with Gasteiger partial charge in [0.25, 0.3) is 5.56 Å². The van der Waals surface area contributed by atoms with Crippen LogP contribution in [0, 0.1) is 5.92 Å². The Kier molecular flexibility index (Phi) is 6.06. The minimum Gasteiger partial charge on any atom is -0.369 e. The van der Waals surface area contributed by atoms with Crippen molar-refractivity contribution in [1.29, 1.82) is 0 Å². The molecule has 1 aliphatic heterocycles. The van der Waals surface area contributed by atoms with Crippen molar-refractivity contribution in [1.82, 2.24) is 15.1 Å². The monoisotopic (exact) mass is 312 g/mol. The van der Waals surface area contributed by atoms with E-state index in [1.807, 2.05) is 6.92 Å². The Morgan fingerprint density at radius 3 is 2.95 bits per heavy atom. The van der Waals surface area contributed by atoms with Gasteiger partial charge in [0.15, 0.2) is 0 Å². The molecule has 1 fully saturated rings. The number of hydrogen-bond acceptors (Lipinski definition) is 4. The normalized spacial score (nSPS) is 18.7. The number of piperidine rings is 1. The molecule has 6 heteroatoms. The molecule has 21 heavy (non-hydrogen) atoms. The van der Waals surface area contributed by atoms with Crippen molar-refractivity contribution in [2.45, 2.75) is 39.7 Å². The van der Waals surface area contributed by atoms with Crippen molar-refractivity contribution in [2.75, 3.05) is 31.1 Å². The predicted molar refractivity (Wildman–Crippen MR) is 87.3 cm³/mol. The fourth-order valence-electron chi connectivity index (χ4n) is 2.87. The number of aryl methyl sites for hydroxylation is 1. The summed E-state index contributed by atoms with van der Waals surface area (Å²) in [5, 5.41) is 7.95. The molecule has 2 rings (SSSR count). The highest BCUT2D eigenvalue weighted by molar-refractivity contribution is 6.33. The molecule has 0 spiro atoms. The number of hydrogen-bond donors (Lipinski definition) is 1. The predicted octanol–water partition coefficient (Wildman–Crippen LogP) is 2.13. The number of anilines is 1. The van der Waals surface area contributed by atoms with E-state index in [2.05, 4.69) is 22.2 Å². The fourth-order valence-corrected chi connectivity index (χ4v) is 3.14. The Bertz CT molecular complexity index is 511. The summed E-state index contributed by atoms with van der Waals surface area (Å²) in [6.45, 7) is 8.55. The first-order valence-electron chi connectivity index (χ1n) is 7.88. The second-order valence-corrected chi connectivity index (χ2v) is 6.00. The molecule has 1 aromatic heterocycles. The summed E-state index contributed by atoms with van der Waals surface area (Å²) in [6.07, 6.45) is 5.20. The van der Waals surface area contributed by atoms with Crippen LogP contribution in [0.25, 0.3) is 0 Å². The number of nitrogens with one attached hydrogen (secondary N) is 1. The Morgan fingerprint density at radius 2 is 2.33 bits per heavy atom. The van der Waals surface area contributed by atoms with E-state index in [0.717, 1.165) is 38.3 Å². The van der Waals surface area contributed by atoms with Gasteiger partial charge in [-0.1, -0.05) is 18.5 Å². The van der Waals surface area contributed by atoms with Crippen molar-refractivity contribution < 1.29 is 0 Å². The number of nitrogens with zero attached hydrogens (tertiary/aromatic N) is 3. The lowest BCUT2D eigenvalue weighted by Gasteiger charge is -2.31. The van der Waals surface area contributed by atoms with E-state index in [0.29, 0.717) is 17.5 Å². The molecule has 0 saturated carbocycles. The molecule has 0 aromatic carbocycles. The van der Waals surface area contributed by atoms with Crippen LogP contribution in [-0.4, -0.2) is 36.0 Å². The lowest BCUT2D eigenvalue weighted by atomic mass is 9.99. The highest BCUT2D eigenvalue weighted by Gasteiger charge is 2.20. The lowest BCUT2D eigenvalue weighted by molar-refractivity contribution is 0.376. The SMILES string of the molecule is CCCN(CC1CCCNC1)c1cnn(CC)c(=O)c1Cl. The Labute approximate surface area is 131 Å². The average Bonchev–Trinajstić information content (AvgIpc) is 2.51. The summed E-state index contributed by atoms with van der Waals surface area (Å²) in [4.78, 5) is 14.4. The largest absolute Gasteiger partial charge is 0.369 e. The van der Waals surface area contributed by atoms with Gasteiger partial charge in [-0.05, 0) is 45.2 Å². The second kappa shape index (κ2) is 7.80. The van der Waals surface area contributed by atoms with E-state index < -0.39 is 0 Å². The van der Waals surface area contributed by atoms with Crippen molar-refractivity contribution in [3.63, 3.8) is 0 Å². The van der Waals surface area contributed by atoms with Crippen LogP contribution in [0.5, 0.6) is 0 Å². The number of halogens is 1.